The lowest BCUT2D eigenvalue weighted by Crippen LogP contribution is -2.27. The van der Waals surface area contributed by atoms with E-state index in [1.54, 1.807) is 0 Å². The van der Waals surface area contributed by atoms with Crippen LogP contribution >= 0.6 is 0 Å². The largest absolute Gasteiger partial charge is 0.343 e. The second kappa shape index (κ2) is 6.43. The van der Waals surface area contributed by atoms with Gasteiger partial charge in [0.05, 0.1) is 0 Å². The predicted octanol–water partition coefficient (Wildman–Crippen LogP) is 3.02. The Morgan fingerprint density at radius 2 is 1.76 bits per heavy atom. The van der Waals surface area contributed by atoms with Crippen LogP contribution in [0.1, 0.15) is 37.7 Å². The molecule has 1 aromatic carbocycles. The Hall–Kier alpha value is -1.31. The number of rotatable bonds is 5. The number of amides is 1. The van der Waals surface area contributed by atoms with Gasteiger partial charge in [-0.15, -0.1) is 0 Å². The van der Waals surface area contributed by atoms with Crippen molar-refractivity contribution in [3.05, 3.63) is 35.9 Å². The lowest BCUT2D eigenvalue weighted by Gasteiger charge is -2.14. The summed E-state index contributed by atoms with van der Waals surface area (Å²) in [5.74, 6) is 0.357. The van der Waals surface area contributed by atoms with Crippen molar-refractivity contribution >= 4 is 5.91 Å². The average molecular weight is 231 g/mol. The molecule has 2 heteroatoms. The summed E-state index contributed by atoms with van der Waals surface area (Å²) < 4.78 is 0. The van der Waals surface area contributed by atoms with Crippen LogP contribution in [0.15, 0.2) is 30.3 Å². The number of hydrogen-bond donors (Lipinski definition) is 0. The van der Waals surface area contributed by atoms with E-state index in [-0.39, 0.29) is 0 Å². The minimum atomic E-state index is 0.357. The fourth-order valence-electron chi connectivity index (χ4n) is 2.37. The standard InChI is InChI=1S/C15H21NO/c17-15(16-12-6-7-13-16)11-5-4-10-14-8-2-1-3-9-14/h1-3,8-9H,4-7,10-13H2. The molecule has 1 heterocycles. The van der Waals surface area contributed by atoms with E-state index in [1.165, 1.54) is 18.4 Å². The van der Waals surface area contributed by atoms with Crippen molar-refractivity contribution in [2.75, 3.05) is 13.1 Å². The fraction of sp³-hybridized carbons (Fsp3) is 0.533. The first kappa shape index (κ1) is 12.2. The van der Waals surface area contributed by atoms with E-state index in [0.717, 1.165) is 38.8 Å². The van der Waals surface area contributed by atoms with Gasteiger partial charge in [0, 0.05) is 19.5 Å². The molecule has 0 atom stereocenters. The molecular weight excluding hydrogens is 210 g/mol. The third kappa shape index (κ3) is 3.88. The second-order valence-electron chi connectivity index (χ2n) is 4.78. The van der Waals surface area contributed by atoms with E-state index >= 15 is 0 Å². The van der Waals surface area contributed by atoms with Gasteiger partial charge in [0.1, 0.15) is 0 Å². The molecule has 0 N–H and O–H groups in total. The van der Waals surface area contributed by atoms with Gasteiger partial charge in [-0.3, -0.25) is 4.79 Å². The molecule has 1 aliphatic rings. The number of unbranched alkanes of at least 4 members (excludes halogenated alkanes) is 1. The van der Waals surface area contributed by atoms with Gasteiger partial charge in [-0.25, -0.2) is 0 Å². The van der Waals surface area contributed by atoms with E-state index in [1.807, 2.05) is 11.0 Å². The molecule has 0 radical (unpaired) electrons. The van der Waals surface area contributed by atoms with Crippen LogP contribution in [0.2, 0.25) is 0 Å². The van der Waals surface area contributed by atoms with Gasteiger partial charge in [-0.2, -0.15) is 0 Å². The smallest absolute Gasteiger partial charge is 0.222 e. The fourth-order valence-corrected chi connectivity index (χ4v) is 2.37. The number of aryl methyl sites for hydroxylation is 1. The SMILES string of the molecule is O=C(CCCCc1ccccc1)N1CCCC1. The van der Waals surface area contributed by atoms with Crippen molar-refractivity contribution in [2.45, 2.75) is 38.5 Å². The van der Waals surface area contributed by atoms with E-state index in [0.29, 0.717) is 5.91 Å². The molecule has 0 aromatic heterocycles. The zero-order valence-corrected chi connectivity index (χ0v) is 10.4. The van der Waals surface area contributed by atoms with Gasteiger partial charge < -0.3 is 4.90 Å². The zero-order chi connectivity index (χ0) is 11.9. The normalized spacial score (nSPS) is 15.2. The molecule has 2 rings (SSSR count). The Morgan fingerprint density at radius 1 is 1.06 bits per heavy atom. The molecule has 0 saturated carbocycles. The number of carbonyl (C=O) groups excluding carboxylic acids is 1. The molecule has 2 nitrogen and oxygen atoms in total. The summed E-state index contributed by atoms with van der Waals surface area (Å²) in [7, 11) is 0. The highest BCUT2D eigenvalue weighted by Gasteiger charge is 2.16. The number of hydrogen-bond acceptors (Lipinski definition) is 1. The average Bonchev–Trinajstić information content (AvgIpc) is 2.89. The quantitative estimate of drug-likeness (QED) is 0.713. The van der Waals surface area contributed by atoms with Gasteiger partial charge in [0.2, 0.25) is 5.91 Å². The van der Waals surface area contributed by atoms with E-state index in [9.17, 15) is 4.79 Å². The molecule has 0 spiro atoms. The number of carbonyl (C=O) groups is 1. The number of likely N-dealkylation sites (tertiary alicyclic amines) is 1. The van der Waals surface area contributed by atoms with Crippen molar-refractivity contribution < 1.29 is 4.79 Å². The van der Waals surface area contributed by atoms with Crippen LogP contribution in [-0.4, -0.2) is 23.9 Å². The van der Waals surface area contributed by atoms with Gasteiger partial charge in [-0.1, -0.05) is 30.3 Å². The predicted molar refractivity (Wildman–Crippen MR) is 69.8 cm³/mol. The molecule has 1 aliphatic heterocycles. The van der Waals surface area contributed by atoms with E-state index < -0.39 is 0 Å². The summed E-state index contributed by atoms with van der Waals surface area (Å²) in [6.45, 7) is 1.97. The van der Waals surface area contributed by atoms with Crippen LogP contribution in [0.4, 0.5) is 0 Å². The Bertz CT molecular complexity index is 341. The molecule has 0 aliphatic carbocycles. The highest BCUT2D eigenvalue weighted by Crippen LogP contribution is 2.12. The zero-order valence-electron chi connectivity index (χ0n) is 10.4. The Balaban J connectivity index is 1.61. The number of nitrogens with zero attached hydrogens (tertiary/aromatic N) is 1. The molecule has 1 amide bonds. The van der Waals surface area contributed by atoms with Crippen molar-refractivity contribution in [3.8, 4) is 0 Å². The maximum atomic E-state index is 11.8. The summed E-state index contributed by atoms with van der Waals surface area (Å²) in [5.41, 5.74) is 1.38. The first-order valence-electron chi connectivity index (χ1n) is 6.68. The summed E-state index contributed by atoms with van der Waals surface area (Å²) in [6.07, 6.45) is 6.33. The molecule has 0 bridgehead atoms. The van der Waals surface area contributed by atoms with Crippen LogP contribution in [0.5, 0.6) is 0 Å². The lowest BCUT2D eigenvalue weighted by molar-refractivity contribution is -0.130. The summed E-state index contributed by atoms with van der Waals surface area (Å²) in [4.78, 5) is 13.8. The van der Waals surface area contributed by atoms with Gasteiger partial charge in [0.15, 0.2) is 0 Å². The van der Waals surface area contributed by atoms with Gasteiger partial charge in [0.25, 0.3) is 0 Å². The Morgan fingerprint density at radius 3 is 2.47 bits per heavy atom. The third-order valence-corrected chi connectivity index (χ3v) is 3.41. The highest BCUT2D eigenvalue weighted by atomic mass is 16.2. The van der Waals surface area contributed by atoms with Crippen LogP contribution in [0, 0.1) is 0 Å². The van der Waals surface area contributed by atoms with E-state index in [2.05, 4.69) is 24.3 Å². The van der Waals surface area contributed by atoms with Crippen molar-refractivity contribution in [1.82, 2.24) is 4.90 Å². The number of benzene rings is 1. The third-order valence-electron chi connectivity index (χ3n) is 3.41. The van der Waals surface area contributed by atoms with Crippen molar-refractivity contribution in [1.29, 1.82) is 0 Å². The highest BCUT2D eigenvalue weighted by molar-refractivity contribution is 5.76. The first-order chi connectivity index (χ1) is 8.36. The van der Waals surface area contributed by atoms with Gasteiger partial charge in [-0.05, 0) is 37.7 Å². The van der Waals surface area contributed by atoms with Crippen LogP contribution in [0.25, 0.3) is 0 Å². The molecular formula is C15H21NO. The summed E-state index contributed by atoms with van der Waals surface area (Å²) in [6, 6.07) is 10.5. The maximum Gasteiger partial charge on any atom is 0.222 e. The molecule has 0 unspecified atom stereocenters. The van der Waals surface area contributed by atoms with Crippen LogP contribution < -0.4 is 0 Å². The topological polar surface area (TPSA) is 20.3 Å². The minimum absolute atomic E-state index is 0.357. The maximum absolute atomic E-state index is 11.8. The summed E-state index contributed by atoms with van der Waals surface area (Å²) >= 11 is 0. The molecule has 92 valence electrons. The van der Waals surface area contributed by atoms with Crippen molar-refractivity contribution in [3.63, 3.8) is 0 Å². The monoisotopic (exact) mass is 231 g/mol. The molecule has 1 saturated heterocycles. The minimum Gasteiger partial charge on any atom is -0.343 e. The summed E-state index contributed by atoms with van der Waals surface area (Å²) in [5, 5.41) is 0. The van der Waals surface area contributed by atoms with Crippen LogP contribution in [0.3, 0.4) is 0 Å². The Kier molecular flexibility index (Phi) is 4.60. The van der Waals surface area contributed by atoms with Gasteiger partial charge >= 0.3 is 0 Å². The Labute approximate surface area is 104 Å². The van der Waals surface area contributed by atoms with Crippen LogP contribution in [-0.2, 0) is 11.2 Å². The molecule has 1 fully saturated rings. The molecule has 17 heavy (non-hydrogen) atoms. The van der Waals surface area contributed by atoms with E-state index in [4.69, 9.17) is 0 Å². The molecule has 1 aromatic rings. The van der Waals surface area contributed by atoms with Crippen molar-refractivity contribution in [2.24, 2.45) is 0 Å². The first-order valence-corrected chi connectivity index (χ1v) is 6.68. The lowest BCUT2D eigenvalue weighted by atomic mass is 10.1. The second-order valence-corrected chi connectivity index (χ2v) is 4.78.